The molecule has 3 aromatic heterocycles. The smallest absolute Gasteiger partial charge is 0.0819 e. The van der Waals surface area contributed by atoms with Crippen LogP contribution in [-0.2, 0) is 6.42 Å². The molecule has 0 spiro atoms. The first-order chi connectivity index (χ1) is 11.7. The second-order valence-electron chi connectivity index (χ2n) is 5.89. The van der Waals surface area contributed by atoms with Crippen molar-refractivity contribution in [1.29, 1.82) is 0 Å². The maximum atomic E-state index is 5.87. The van der Waals surface area contributed by atoms with E-state index < -0.39 is 0 Å². The zero-order chi connectivity index (χ0) is 16.5. The number of benzene rings is 1. The molecule has 4 rings (SSSR count). The highest BCUT2D eigenvalue weighted by molar-refractivity contribution is 7.22. The summed E-state index contributed by atoms with van der Waals surface area (Å²) in [6, 6.07) is 14.5. The van der Waals surface area contributed by atoms with Crippen molar-refractivity contribution in [2.24, 2.45) is 0 Å². The molecule has 0 aliphatic rings. The number of hydrogen-bond donors (Lipinski definition) is 1. The molecule has 4 aromatic rings. The van der Waals surface area contributed by atoms with Crippen molar-refractivity contribution in [2.45, 2.75) is 13.3 Å². The van der Waals surface area contributed by atoms with Gasteiger partial charge in [0.1, 0.15) is 0 Å². The SMILES string of the molecule is Cc1cc(N)ccc1Cc1ccnc2cc(-c3ccncc3)sc12. The molecule has 2 N–H and O–H groups in total. The Balaban J connectivity index is 1.77. The number of aryl methyl sites for hydroxylation is 1. The molecule has 1 aromatic carbocycles. The number of aromatic nitrogens is 2. The van der Waals surface area contributed by atoms with Crippen molar-refractivity contribution in [3.8, 4) is 10.4 Å². The van der Waals surface area contributed by atoms with Crippen molar-refractivity contribution in [3.63, 3.8) is 0 Å². The maximum Gasteiger partial charge on any atom is 0.0819 e. The molecule has 0 saturated carbocycles. The first kappa shape index (κ1) is 14.8. The predicted octanol–water partition coefficient (Wildman–Crippen LogP) is 4.84. The summed E-state index contributed by atoms with van der Waals surface area (Å²) in [5.41, 5.74) is 12.7. The number of nitrogens with zero attached hydrogens (tertiary/aromatic N) is 2. The number of fused-ring (bicyclic) bond motifs is 1. The normalized spacial score (nSPS) is 11.0. The number of nitrogen functional groups attached to an aromatic ring is 1. The third-order valence-electron chi connectivity index (χ3n) is 4.21. The van der Waals surface area contributed by atoms with E-state index in [0.717, 1.165) is 17.6 Å². The lowest BCUT2D eigenvalue weighted by molar-refractivity contribution is 1.17. The lowest BCUT2D eigenvalue weighted by Crippen LogP contribution is -1.94. The molecule has 3 heterocycles. The average molecular weight is 331 g/mol. The van der Waals surface area contributed by atoms with Crippen LogP contribution in [0, 0.1) is 6.92 Å². The minimum Gasteiger partial charge on any atom is -0.399 e. The molecular formula is C20H17N3S. The molecule has 0 fully saturated rings. The summed E-state index contributed by atoms with van der Waals surface area (Å²) in [7, 11) is 0. The lowest BCUT2D eigenvalue weighted by Gasteiger charge is -2.07. The van der Waals surface area contributed by atoms with Crippen LogP contribution in [0.4, 0.5) is 5.69 Å². The van der Waals surface area contributed by atoms with Gasteiger partial charge >= 0.3 is 0 Å². The fourth-order valence-corrected chi connectivity index (χ4v) is 4.04. The lowest BCUT2D eigenvalue weighted by atomic mass is 10.0. The van der Waals surface area contributed by atoms with Gasteiger partial charge in [-0.15, -0.1) is 11.3 Å². The van der Waals surface area contributed by atoms with Crippen LogP contribution in [0.3, 0.4) is 0 Å². The Hall–Kier alpha value is -2.72. The Morgan fingerprint density at radius 3 is 2.58 bits per heavy atom. The summed E-state index contributed by atoms with van der Waals surface area (Å²) in [5.74, 6) is 0. The molecule has 0 bridgehead atoms. The van der Waals surface area contributed by atoms with E-state index in [0.29, 0.717) is 0 Å². The van der Waals surface area contributed by atoms with E-state index in [9.17, 15) is 0 Å². The molecular weight excluding hydrogens is 314 g/mol. The Kier molecular flexibility index (Phi) is 3.75. The van der Waals surface area contributed by atoms with E-state index in [1.165, 1.54) is 31.8 Å². The first-order valence-electron chi connectivity index (χ1n) is 7.83. The Morgan fingerprint density at radius 1 is 0.958 bits per heavy atom. The molecule has 0 aliphatic heterocycles. The van der Waals surface area contributed by atoms with Crippen LogP contribution in [0.2, 0.25) is 0 Å². The van der Waals surface area contributed by atoms with Gasteiger partial charge in [0.25, 0.3) is 0 Å². The van der Waals surface area contributed by atoms with Gasteiger partial charge in [-0.25, -0.2) is 0 Å². The van der Waals surface area contributed by atoms with Crippen molar-refractivity contribution >= 4 is 27.2 Å². The third kappa shape index (κ3) is 2.76. The van der Waals surface area contributed by atoms with Gasteiger partial charge < -0.3 is 5.73 Å². The Morgan fingerprint density at radius 2 is 1.79 bits per heavy atom. The minimum absolute atomic E-state index is 0.812. The van der Waals surface area contributed by atoms with Crippen LogP contribution in [0.5, 0.6) is 0 Å². The molecule has 3 nitrogen and oxygen atoms in total. The number of hydrogen-bond acceptors (Lipinski definition) is 4. The quantitative estimate of drug-likeness (QED) is 0.547. The van der Waals surface area contributed by atoms with E-state index in [4.69, 9.17) is 5.73 Å². The molecule has 0 radical (unpaired) electrons. The number of nitrogens with two attached hydrogens (primary N) is 1. The fraction of sp³-hybridized carbons (Fsp3) is 0.100. The molecule has 0 saturated heterocycles. The Bertz CT molecular complexity index is 1010. The number of anilines is 1. The average Bonchev–Trinajstić information content (AvgIpc) is 3.03. The summed E-state index contributed by atoms with van der Waals surface area (Å²) >= 11 is 1.79. The molecule has 0 aliphatic carbocycles. The van der Waals surface area contributed by atoms with Gasteiger partial charge in [-0.05, 0) is 72.0 Å². The summed E-state index contributed by atoms with van der Waals surface area (Å²) < 4.78 is 1.25. The third-order valence-corrected chi connectivity index (χ3v) is 5.45. The highest BCUT2D eigenvalue weighted by atomic mass is 32.1. The van der Waals surface area contributed by atoms with Gasteiger partial charge in [0.05, 0.1) is 10.2 Å². The van der Waals surface area contributed by atoms with Crippen LogP contribution < -0.4 is 5.73 Å². The summed E-state index contributed by atoms with van der Waals surface area (Å²) in [6.45, 7) is 2.11. The topological polar surface area (TPSA) is 51.8 Å². The summed E-state index contributed by atoms with van der Waals surface area (Å²) in [4.78, 5) is 9.86. The van der Waals surface area contributed by atoms with Crippen LogP contribution in [0.1, 0.15) is 16.7 Å². The van der Waals surface area contributed by atoms with Crippen molar-refractivity contribution in [2.75, 3.05) is 5.73 Å². The van der Waals surface area contributed by atoms with Crippen LogP contribution >= 0.6 is 11.3 Å². The van der Waals surface area contributed by atoms with Gasteiger partial charge in [0, 0.05) is 29.2 Å². The Labute approximate surface area is 144 Å². The highest BCUT2D eigenvalue weighted by Gasteiger charge is 2.10. The molecule has 0 amide bonds. The second-order valence-corrected chi connectivity index (χ2v) is 6.95. The monoisotopic (exact) mass is 331 g/mol. The van der Waals surface area contributed by atoms with Crippen LogP contribution in [0.15, 0.2) is 61.1 Å². The van der Waals surface area contributed by atoms with Gasteiger partial charge in [-0.3, -0.25) is 9.97 Å². The second kappa shape index (κ2) is 6.06. The highest BCUT2D eigenvalue weighted by Crippen LogP contribution is 2.35. The molecule has 24 heavy (non-hydrogen) atoms. The molecule has 0 unspecified atom stereocenters. The zero-order valence-corrected chi connectivity index (χ0v) is 14.2. The van der Waals surface area contributed by atoms with Crippen molar-refractivity contribution in [3.05, 3.63) is 77.7 Å². The van der Waals surface area contributed by atoms with Gasteiger partial charge in [0.15, 0.2) is 0 Å². The molecule has 0 atom stereocenters. The number of thiophene rings is 1. The number of rotatable bonds is 3. The summed E-state index contributed by atoms with van der Waals surface area (Å²) in [6.07, 6.45) is 6.44. The van der Waals surface area contributed by atoms with Gasteiger partial charge in [-0.1, -0.05) is 6.07 Å². The van der Waals surface area contributed by atoms with Crippen LogP contribution in [0.25, 0.3) is 20.7 Å². The standard InChI is InChI=1S/C20H17N3S/c1-13-10-17(21)3-2-15(13)11-16-6-9-23-18-12-19(24-20(16)18)14-4-7-22-8-5-14/h2-10,12H,11,21H2,1H3. The van der Waals surface area contributed by atoms with E-state index in [1.54, 1.807) is 11.3 Å². The van der Waals surface area contributed by atoms with Gasteiger partial charge in [-0.2, -0.15) is 0 Å². The predicted molar refractivity (Wildman–Crippen MR) is 101 cm³/mol. The summed E-state index contributed by atoms with van der Waals surface area (Å²) in [5, 5.41) is 0. The molecule has 4 heteroatoms. The van der Waals surface area contributed by atoms with Crippen molar-refractivity contribution in [1.82, 2.24) is 9.97 Å². The molecule has 118 valence electrons. The van der Waals surface area contributed by atoms with Crippen LogP contribution in [-0.4, -0.2) is 9.97 Å². The largest absolute Gasteiger partial charge is 0.399 e. The van der Waals surface area contributed by atoms with E-state index in [1.807, 2.05) is 42.9 Å². The number of pyridine rings is 2. The van der Waals surface area contributed by atoms with Crippen molar-refractivity contribution < 1.29 is 0 Å². The zero-order valence-electron chi connectivity index (χ0n) is 13.4. The minimum atomic E-state index is 0.812. The maximum absolute atomic E-state index is 5.87. The van der Waals surface area contributed by atoms with E-state index in [-0.39, 0.29) is 0 Å². The fourth-order valence-electron chi connectivity index (χ4n) is 2.91. The van der Waals surface area contributed by atoms with E-state index >= 15 is 0 Å². The first-order valence-corrected chi connectivity index (χ1v) is 8.65. The van der Waals surface area contributed by atoms with E-state index in [2.05, 4.69) is 35.1 Å². The van der Waals surface area contributed by atoms with Gasteiger partial charge in [0.2, 0.25) is 0 Å².